The molecule has 0 saturated carbocycles. The molecule has 3 aromatic rings. The summed E-state index contributed by atoms with van der Waals surface area (Å²) in [7, 11) is 3.75. The normalized spacial score (nSPS) is 13.4. The van der Waals surface area contributed by atoms with E-state index in [-0.39, 0.29) is 0 Å². The van der Waals surface area contributed by atoms with Gasteiger partial charge >= 0.3 is 0 Å². The largest absolute Gasteiger partial charge is 0.358 e. The van der Waals surface area contributed by atoms with Crippen molar-refractivity contribution in [1.82, 2.24) is 20.2 Å². The highest BCUT2D eigenvalue weighted by Gasteiger charge is 2.16. The predicted molar refractivity (Wildman–Crippen MR) is 163 cm³/mol. The summed E-state index contributed by atoms with van der Waals surface area (Å²) in [5, 5.41) is 6.14. The zero-order valence-electron chi connectivity index (χ0n) is 24.6. The van der Waals surface area contributed by atoms with Gasteiger partial charge in [0.15, 0.2) is 0 Å². The highest BCUT2D eigenvalue weighted by atomic mass is 15.1. The van der Waals surface area contributed by atoms with Gasteiger partial charge in [-0.25, -0.2) is 0 Å². The summed E-state index contributed by atoms with van der Waals surface area (Å²) in [6, 6.07) is 6.53. The summed E-state index contributed by atoms with van der Waals surface area (Å²) in [6.45, 7) is 26.7. The second-order valence-electron chi connectivity index (χ2n) is 9.16. The third-order valence-corrected chi connectivity index (χ3v) is 6.22. The molecule has 3 heterocycles. The Bertz CT molecular complexity index is 1170. The third kappa shape index (κ3) is 8.25. The van der Waals surface area contributed by atoms with Gasteiger partial charge in [0.25, 0.3) is 0 Å². The maximum absolute atomic E-state index is 4.27. The Balaban J connectivity index is 0.000000844. The van der Waals surface area contributed by atoms with E-state index in [9.17, 15) is 0 Å². The molecule has 0 amide bonds. The molecule has 3 N–H and O–H groups in total. The summed E-state index contributed by atoms with van der Waals surface area (Å²) in [4.78, 5) is 9.68. The van der Waals surface area contributed by atoms with Crippen molar-refractivity contribution in [2.24, 2.45) is 0 Å². The molecule has 4 heteroatoms. The fraction of sp³-hybridized carbons (Fsp3) is 0.500. The Hall–Kier alpha value is -2.56. The average molecular weight is 493 g/mol. The number of nitrogens with zero attached hydrogens (tertiary/aromatic N) is 1. The Kier molecular flexibility index (Phi) is 14.2. The van der Waals surface area contributed by atoms with Crippen molar-refractivity contribution in [2.75, 3.05) is 33.7 Å². The molecule has 4 rings (SSSR count). The van der Waals surface area contributed by atoms with Crippen LogP contribution in [0.3, 0.4) is 0 Å². The Labute approximate surface area is 220 Å². The zero-order chi connectivity index (χ0) is 27.3. The first kappa shape index (κ1) is 31.5. The SMILES string of the molecule is C=C(C)c1c(C)[nH]c(/C=c2\c(=C)[nH]c3ccc(C)cc23)c1CCCN1CCCC1.CC.CC.CNC. The number of likely N-dealkylation sites (tertiary alicyclic amines) is 1. The minimum Gasteiger partial charge on any atom is -0.358 e. The van der Waals surface area contributed by atoms with Crippen molar-refractivity contribution in [2.45, 2.75) is 74.1 Å². The van der Waals surface area contributed by atoms with Gasteiger partial charge in [-0.05, 0) is 110 Å². The number of hydrogen-bond acceptors (Lipinski definition) is 2. The highest BCUT2D eigenvalue weighted by molar-refractivity contribution is 5.83. The van der Waals surface area contributed by atoms with Gasteiger partial charge in [0, 0.05) is 38.4 Å². The van der Waals surface area contributed by atoms with Gasteiger partial charge in [0.05, 0.1) is 0 Å². The number of aryl methyl sites for hydroxylation is 2. The average Bonchev–Trinajstić information content (AvgIpc) is 3.56. The zero-order valence-corrected chi connectivity index (χ0v) is 24.6. The van der Waals surface area contributed by atoms with Crippen LogP contribution < -0.4 is 15.9 Å². The standard InChI is InChI=1S/C26H33N3.C2H7N.2C2H6/c1-17(2)26-20(5)28-25(21(26)9-8-14-29-12-6-7-13-29)16-22-19(4)27-24-11-10-18(3)15-23(22)24;1-3-2;2*1-2/h10-11,15-16,27-28H,1,4,6-9,12-14H2,2-3,5H3;3H,1-2H3;2*1-2H3/b22-16+;;;. The van der Waals surface area contributed by atoms with Crippen LogP contribution in [0.5, 0.6) is 0 Å². The number of H-pyrrole nitrogens is 2. The topological polar surface area (TPSA) is 46.9 Å². The molecule has 0 unspecified atom stereocenters. The molecule has 1 aliphatic heterocycles. The molecule has 1 fully saturated rings. The molecule has 2 aromatic heterocycles. The minimum absolute atomic E-state index is 0.970. The number of rotatable bonds is 6. The molecule has 0 spiro atoms. The van der Waals surface area contributed by atoms with Crippen LogP contribution in [0.1, 0.15) is 82.0 Å². The van der Waals surface area contributed by atoms with Gasteiger partial charge in [0.1, 0.15) is 0 Å². The highest BCUT2D eigenvalue weighted by Crippen LogP contribution is 2.27. The van der Waals surface area contributed by atoms with E-state index < -0.39 is 0 Å². The summed E-state index contributed by atoms with van der Waals surface area (Å²) in [5.74, 6) is 0. The molecule has 0 aliphatic carbocycles. The van der Waals surface area contributed by atoms with Gasteiger partial charge in [-0.2, -0.15) is 0 Å². The van der Waals surface area contributed by atoms with Crippen LogP contribution in [0.4, 0.5) is 0 Å². The second kappa shape index (κ2) is 16.2. The number of benzene rings is 1. The van der Waals surface area contributed by atoms with E-state index in [1.165, 1.54) is 77.6 Å². The lowest BCUT2D eigenvalue weighted by Gasteiger charge is -2.14. The van der Waals surface area contributed by atoms with Crippen LogP contribution >= 0.6 is 0 Å². The predicted octanol–water partition coefficient (Wildman–Crippen LogP) is 6.30. The summed E-state index contributed by atoms with van der Waals surface area (Å²) < 4.78 is 0. The van der Waals surface area contributed by atoms with E-state index in [0.717, 1.165) is 22.9 Å². The van der Waals surface area contributed by atoms with E-state index in [1.54, 1.807) is 0 Å². The van der Waals surface area contributed by atoms with E-state index >= 15 is 0 Å². The Morgan fingerprint density at radius 3 is 2.25 bits per heavy atom. The lowest BCUT2D eigenvalue weighted by Crippen LogP contribution is -2.21. The van der Waals surface area contributed by atoms with Crippen molar-refractivity contribution in [3.05, 3.63) is 63.4 Å². The van der Waals surface area contributed by atoms with Crippen LogP contribution in [0.25, 0.3) is 29.1 Å². The number of allylic oxidation sites excluding steroid dienone is 1. The first-order chi connectivity index (χ1) is 17.3. The molecule has 0 radical (unpaired) electrons. The molecule has 0 atom stereocenters. The smallest absolute Gasteiger partial charge is 0.0464 e. The van der Waals surface area contributed by atoms with Crippen molar-refractivity contribution in [3.8, 4) is 0 Å². The maximum Gasteiger partial charge on any atom is 0.0464 e. The molecule has 4 nitrogen and oxygen atoms in total. The summed E-state index contributed by atoms with van der Waals surface area (Å²) in [6.07, 6.45) is 7.24. The quantitative estimate of drug-likeness (QED) is 0.378. The van der Waals surface area contributed by atoms with Gasteiger partial charge in [0.2, 0.25) is 0 Å². The lowest BCUT2D eigenvalue weighted by molar-refractivity contribution is 0.334. The molecular weight excluding hydrogens is 440 g/mol. The molecular formula is C32H52N4. The van der Waals surface area contributed by atoms with Crippen molar-refractivity contribution in [1.29, 1.82) is 0 Å². The van der Waals surface area contributed by atoms with Crippen molar-refractivity contribution < 1.29 is 0 Å². The Morgan fingerprint density at radius 2 is 1.67 bits per heavy atom. The minimum atomic E-state index is 0.970. The van der Waals surface area contributed by atoms with Crippen LogP contribution in [-0.4, -0.2) is 48.6 Å². The van der Waals surface area contributed by atoms with Crippen LogP contribution in [0.2, 0.25) is 0 Å². The molecule has 1 aromatic carbocycles. The van der Waals surface area contributed by atoms with Crippen molar-refractivity contribution >= 4 is 29.1 Å². The molecule has 0 bridgehead atoms. The molecule has 1 aliphatic rings. The molecule has 1 saturated heterocycles. The van der Waals surface area contributed by atoms with Crippen LogP contribution in [0, 0.1) is 13.8 Å². The monoisotopic (exact) mass is 492 g/mol. The number of fused-ring (bicyclic) bond motifs is 1. The fourth-order valence-corrected chi connectivity index (χ4v) is 4.84. The van der Waals surface area contributed by atoms with Crippen LogP contribution in [0.15, 0.2) is 24.8 Å². The third-order valence-electron chi connectivity index (χ3n) is 6.22. The summed E-state index contributed by atoms with van der Waals surface area (Å²) in [5.41, 5.74) is 8.66. The lowest BCUT2D eigenvalue weighted by atomic mass is 9.98. The van der Waals surface area contributed by atoms with E-state index in [0.29, 0.717) is 0 Å². The number of hydrogen-bond donors (Lipinski definition) is 3. The summed E-state index contributed by atoms with van der Waals surface area (Å²) >= 11 is 0. The first-order valence-electron chi connectivity index (χ1n) is 13.8. The molecule has 36 heavy (non-hydrogen) atoms. The number of nitrogens with one attached hydrogen (secondary N) is 3. The van der Waals surface area contributed by atoms with E-state index in [2.05, 4.69) is 78.4 Å². The van der Waals surface area contributed by atoms with Crippen LogP contribution in [-0.2, 0) is 6.42 Å². The fourth-order valence-electron chi connectivity index (χ4n) is 4.84. The molecule has 200 valence electrons. The van der Waals surface area contributed by atoms with E-state index in [4.69, 9.17) is 0 Å². The maximum atomic E-state index is 4.27. The second-order valence-corrected chi connectivity index (χ2v) is 9.16. The van der Waals surface area contributed by atoms with E-state index in [1.807, 2.05) is 41.8 Å². The van der Waals surface area contributed by atoms with Gasteiger partial charge in [-0.15, -0.1) is 0 Å². The van der Waals surface area contributed by atoms with Crippen molar-refractivity contribution in [3.63, 3.8) is 0 Å². The Morgan fingerprint density at radius 1 is 1.06 bits per heavy atom. The van der Waals surface area contributed by atoms with Gasteiger partial charge in [-0.3, -0.25) is 0 Å². The van der Waals surface area contributed by atoms with Gasteiger partial charge < -0.3 is 20.2 Å². The number of aromatic amines is 2. The van der Waals surface area contributed by atoms with Gasteiger partial charge in [-0.1, -0.05) is 52.5 Å². The first-order valence-corrected chi connectivity index (χ1v) is 13.8. The number of aromatic nitrogens is 2.